The summed E-state index contributed by atoms with van der Waals surface area (Å²) in [5, 5.41) is 3.80. The molecule has 0 radical (unpaired) electrons. The van der Waals surface area contributed by atoms with E-state index < -0.39 is 0 Å². The number of pyridine rings is 2. The number of nitrogens with zero attached hydrogens (tertiary/aromatic N) is 2. The summed E-state index contributed by atoms with van der Waals surface area (Å²) in [5.74, 6) is -0.199. The summed E-state index contributed by atoms with van der Waals surface area (Å²) in [6.45, 7) is 0. The molecule has 1 N–H and O–H groups in total. The lowest BCUT2D eigenvalue weighted by atomic mass is 10.1. The lowest BCUT2D eigenvalue weighted by Crippen LogP contribution is -2.12. The van der Waals surface area contributed by atoms with Gasteiger partial charge in [0.25, 0.3) is 5.91 Å². The normalized spacial score (nSPS) is 10.4. The summed E-state index contributed by atoms with van der Waals surface area (Å²) < 4.78 is 0.768. The van der Waals surface area contributed by atoms with Crippen LogP contribution in [0.15, 0.2) is 59.5 Å². The van der Waals surface area contributed by atoms with Gasteiger partial charge in [0.2, 0.25) is 0 Å². The first-order valence-corrected chi connectivity index (χ1v) is 6.79. The standard InChI is InChI=1S/C15H10BrN3O/c16-11-7-10(8-17-9-11)15(20)19-14-5-1-4-13-12(14)3-2-6-18-13/h1-9H,(H,19,20). The Bertz CT molecular complexity index is 783. The Hall–Kier alpha value is -2.27. The molecule has 0 atom stereocenters. The van der Waals surface area contributed by atoms with Gasteiger partial charge in [-0.2, -0.15) is 0 Å². The van der Waals surface area contributed by atoms with Crippen molar-refractivity contribution in [2.45, 2.75) is 0 Å². The van der Waals surface area contributed by atoms with Crippen molar-refractivity contribution in [3.63, 3.8) is 0 Å². The van der Waals surface area contributed by atoms with Crippen LogP contribution in [-0.4, -0.2) is 15.9 Å². The van der Waals surface area contributed by atoms with Gasteiger partial charge in [0.15, 0.2) is 0 Å². The number of hydrogen-bond acceptors (Lipinski definition) is 3. The van der Waals surface area contributed by atoms with Crippen molar-refractivity contribution in [2.24, 2.45) is 0 Å². The summed E-state index contributed by atoms with van der Waals surface area (Å²) in [7, 11) is 0. The third-order valence-corrected chi connectivity index (χ3v) is 3.29. The Labute approximate surface area is 124 Å². The Morgan fingerprint density at radius 2 is 2.05 bits per heavy atom. The SMILES string of the molecule is O=C(Nc1cccc2ncccc12)c1cncc(Br)c1. The largest absolute Gasteiger partial charge is 0.321 e. The van der Waals surface area contributed by atoms with Crippen molar-refractivity contribution in [3.05, 3.63) is 65.0 Å². The molecule has 3 aromatic rings. The monoisotopic (exact) mass is 327 g/mol. The molecule has 4 nitrogen and oxygen atoms in total. The van der Waals surface area contributed by atoms with E-state index in [0.717, 1.165) is 21.1 Å². The summed E-state index contributed by atoms with van der Waals surface area (Å²) in [6.07, 6.45) is 4.90. The fourth-order valence-electron chi connectivity index (χ4n) is 1.94. The van der Waals surface area contributed by atoms with Gasteiger partial charge in [-0.05, 0) is 46.3 Å². The van der Waals surface area contributed by atoms with Crippen LogP contribution in [0.3, 0.4) is 0 Å². The number of fused-ring (bicyclic) bond motifs is 1. The molecule has 2 heterocycles. The van der Waals surface area contributed by atoms with Crippen LogP contribution in [-0.2, 0) is 0 Å². The molecule has 0 unspecified atom stereocenters. The Balaban J connectivity index is 1.95. The van der Waals surface area contributed by atoms with Gasteiger partial charge in [-0.1, -0.05) is 6.07 Å². The van der Waals surface area contributed by atoms with E-state index in [2.05, 4.69) is 31.2 Å². The van der Waals surface area contributed by atoms with Crippen molar-refractivity contribution in [1.29, 1.82) is 0 Å². The van der Waals surface area contributed by atoms with Crippen LogP contribution in [0.2, 0.25) is 0 Å². The maximum Gasteiger partial charge on any atom is 0.257 e. The molecule has 0 bridgehead atoms. The zero-order valence-corrected chi connectivity index (χ0v) is 12.0. The van der Waals surface area contributed by atoms with E-state index in [-0.39, 0.29) is 5.91 Å². The van der Waals surface area contributed by atoms with Crippen molar-refractivity contribution in [3.8, 4) is 0 Å². The molecule has 98 valence electrons. The smallest absolute Gasteiger partial charge is 0.257 e. The number of carbonyl (C=O) groups excluding carboxylic acids is 1. The van der Waals surface area contributed by atoms with E-state index in [1.165, 1.54) is 6.20 Å². The van der Waals surface area contributed by atoms with E-state index in [9.17, 15) is 4.79 Å². The molecule has 2 aromatic heterocycles. The molecule has 3 rings (SSSR count). The summed E-state index contributed by atoms with van der Waals surface area (Å²) in [4.78, 5) is 20.5. The highest BCUT2D eigenvalue weighted by Crippen LogP contribution is 2.22. The van der Waals surface area contributed by atoms with Gasteiger partial charge >= 0.3 is 0 Å². The van der Waals surface area contributed by atoms with Crippen LogP contribution >= 0.6 is 15.9 Å². The zero-order chi connectivity index (χ0) is 13.9. The number of halogens is 1. The molecule has 1 aromatic carbocycles. The van der Waals surface area contributed by atoms with Crippen LogP contribution in [0.1, 0.15) is 10.4 Å². The van der Waals surface area contributed by atoms with Gasteiger partial charge in [-0.3, -0.25) is 14.8 Å². The highest BCUT2D eigenvalue weighted by Gasteiger charge is 2.09. The molecule has 1 amide bonds. The third kappa shape index (κ3) is 2.53. The average molecular weight is 328 g/mol. The second-order valence-electron chi connectivity index (χ2n) is 4.22. The van der Waals surface area contributed by atoms with E-state index in [1.54, 1.807) is 18.5 Å². The molecule has 0 saturated carbocycles. The lowest BCUT2D eigenvalue weighted by molar-refractivity contribution is 0.102. The number of benzene rings is 1. The second kappa shape index (κ2) is 5.38. The van der Waals surface area contributed by atoms with Crippen molar-refractivity contribution >= 4 is 38.4 Å². The van der Waals surface area contributed by atoms with Gasteiger partial charge in [-0.25, -0.2) is 0 Å². The van der Waals surface area contributed by atoms with E-state index in [0.29, 0.717) is 5.56 Å². The van der Waals surface area contributed by atoms with E-state index in [1.807, 2.05) is 30.3 Å². The topological polar surface area (TPSA) is 54.9 Å². The van der Waals surface area contributed by atoms with Gasteiger partial charge in [0.05, 0.1) is 16.8 Å². The number of anilines is 1. The van der Waals surface area contributed by atoms with E-state index >= 15 is 0 Å². The van der Waals surface area contributed by atoms with Gasteiger partial charge in [0, 0.05) is 28.4 Å². The molecule has 20 heavy (non-hydrogen) atoms. The third-order valence-electron chi connectivity index (χ3n) is 2.86. The predicted molar refractivity (Wildman–Crippen MR) is 81.6 cm³/mol. The van der Waals surface area contributed by atoms with Crippen LogP contribution in [0.5, 0.6) is 0 Å². The number of hydrogen-bond donors (Lipinski definition) is 1. The molecular formula is C15H10BrN3O. The molecule has 0 fully saturated rings. The molecule has 5 heteroatoms. The van der Waals surface area contributed by atoms with E-state index in [4.69, 9.17) is 0 Å². The minimum atomic E-state index is -0.199. The zero-order valence-electron chi connectivity index (χ0n) is 10.4. The number of rotatable bonds is 2. The highest BCUT2D eigenvalue weighted by molar-refractivity contribution is 9.10. The second-order valence-corrected chi connectivity index (χ2v) is 5.14. The molecule has 0 saturated heterocycles. The number of carbonyl (C=O) groups is 1. The fourth-order valence-corrected chi connectivity index (χ4v) is 2.31. The fraction of sp³-hybridized carbons (Fsp3) is 0. The van der Waals surface area contributed by atoms with Gasteiger partial charge < -0.3 is 5.32 Å². The number of nitrogens with one attached hydrogen (secondary N) is 1. The van der Waals surface area contributed by atoms with Gasteiger partial charge in [-0.15, -0.1) is 0 Å². The number of aromatic nitrogens is 2. The predicted octanol–water partition coefficient (Wildman–Crippen LogP) is 3.64. The van der Waals surface area contributed by atoms with Crippen molar-refractivity contribution in [1.82, 2.24) is 9.97 Å². The number of amides is 1. The summed E-state index contributed by atoms with van der Waals surface area (Å²) in [6, 6.07) is 11.1. The minimum absolute atomic E-state index is 0.199. The van der Waals surface area contributed by atoms with Crippen molar-refractivity contribution < 1.29 is 4.79 Å². The maximum absolute atomic E-state index is 12.2. The molecular weight excluding hydrogens is 318 g/mol. The molecule has 0 aliphatic rings. The average Bonchev–Trinajstić information content (AvgIpc) is 2.47. The van der Waals surface area contributed by atoms with Crippen LogP contribution in [0.25, 0.3) is 10.9 Å². The van der Waals surface area contributed by atoms with Crippen LogP contribution in [0, 0.1) is 0 Å². The Morgan fingerprint density at radius 3 is 2.90 bits per heavy atom. The maximum atomic E-state index is 12.2. The van der Waals surface area contributed by atoms with Crippen LogP contribution < -0.4 is 5.32 Å². The highest BCUT2D eigenvalue weighted by atomic mass is 79.9. The summed E-state index contributed by atoms with van der Waals surface area (Å²) in [5.41, 5.74) is 2.08. The first kappa shape index (κ1) is 12.7. The molecule has 0 spiro atoms. The summed E-state index contributed by atoms with van der Waals surface area (Å²) >= 11 is 3.30. The lowest BCUT2D eigenvalue weighted by Gasteiger charge is -2.08. The first-order chi connectivity index (χ1) is 9.74. The van der Waals surface area contributed by atoms with Crippen molar-refractivity contribution in [2.75, 3.05) is 5.32 Å². The van der Waals surface area contributed by atoms with Crippen LogP contribution in [0.4, 0.5) is 5.69 Å². The Morgan fingerprint density at radius 1 is 1.15 bits per heavy atom. The quantitative estimate of drug-likeness (QED) is 0.781. The first-order valence-electron chi connectivity index (χ1n) is 6.00. The minimum Gasteiger partial charge on any atom is -0.321 e. The Kier molecular flexibility index (Phi) is 3.43. The van der Waals surface area contributed by atoms with Gasteiger partial charge in [0.1, 0.15) is 0 Å². The molecule has 0 aliphatic carbocycles. The molecule has 0 aliphatic heterocycles.